The number of carbonyl (C=O) groups is 2. The number of carbonyl (C=O) groups excluding carboxylic acids is 2. The molecular formula is C10H16N4O5S. The average Bonchev–Trinajstić information content (AvgIpc) is 2.68. The smallest absolute Gasteiger partial charge is 0.443 e. The predicted octanol–water partition coefficient (Wildman–Crippen LogP) is 0.599. The topological polar surface area (TPSA) is 110 Å². The second-order valence-electron chi connectivity index (χ2n) is 3.51. The number of hydrogen-bond acceptors (Lipinski definition) is 7. The summed E-state index contributed by atoms with van der Waals surface area (Å²) in [6, 6.07) is 0. The van der Waals surface area contributed by atoms with E-state index in [9.17, 15) is 13.8 Å². The van der Waals surface area contributed by atoms with Crippen LogP contribution in [0, 0.1) is 0 Å². The number of hydrazone groups is 2. The van der Waals surface area contributed by atoms with Crippen LogP contribution in [0.4, 0.5) is 9.59 Å². The zero-order valence-electron chi connectivity index (χ0n) is 11.4. The van der Waals surface area contributed by atoms with E-state index in [-0.39, 0.29) is 18.9 Å². The minimum atomic E-state index is -1.66. The van der Waals surface area contributed by atoms with Crippen molar-refractivity contribution in [2.75, 3.05) is 13.2 Å². The molecule has 10 heteroatoms. The Bertz CT molecular complexity index is 465. The molecule has 0 aromatic carbocycles. The van der Waals surface area contributed by atoms with Crippen LogP contribution in [-0.2, 0) is 20.5 Å². The van der Waals surface area contributed by atoms with Crippen LogP contribution in [0.1, 0.15) is 20.8 Å². The van der Waals surface area contributed by atoms with E-state index in [1.165, 1.54) is 6.21 Å². The van der Waals surface area contributed by atoms with Gasteiger partial charge in [0, 0.05) is 0 Å². The highest BCUT2D eigenvalue weighted by atomic mass is 32.2. The molecule has 2 amide bonds. The fourth-order valence-corrected chi connectivity index (χ4v) is 2.21. The number of nitrogens with zero attached hydrogens (tertiary/aromatic N) is 3. The number of amides is 2. The van der Waals surface area contributed by atoms with Crippen molar-refractivity contribution in [3.63, 3.8) is 0 Å². The van der Waals surface area contributed by atoms with Crippen LogP contribution in [0.5, 0.6) is 0 Å². The summed E-state index contributed by atoms with van der Waals surface area (Å²) in [6.07, 6.45) is -0.295. The van der Waals surface area contributed by atoms with Crippen molar-refractivity contribution in [3.05, 3.63) is 0 Å². The highest BCUT2D eigenvalue weighted by Gasteiger charge is 2.35. The zero-order valence-corrected chi connectivity index (χ0v) is 12.2. The third kappa shape index (κ3) is 4.02. The fraction of sp³-hybridized carbons (Fsp3) is 0.600. The summed E-state index contributed by atoms with van der Waals surface area (Å²) in [6.45, 7) is 5.29. The maximum Gasteiger partial charge on any atom is 0.443 e. The Morgan fingerprint density at radius 3 is 2.70 bits per heavy atom. The van der Waals surface area contributed by atoms with E-state index >= 15 is 0 Å². The maximum absolute atomic E-state index is 11.9. The van der Waals surface area contributed by atoms with Crippen LogP contribution in [0.3, 0.4) is 0 Å². The average molecular weight is 304 g/mol. The molecule has 0 radical (unpaired) electrons. The van der Waals surface area contributed by atoms with E-state index in [4.69, 9.17) is 4.74 Å². The normalized spacial score (nSPS) is 21.8. The molecule has 0 aliphatic carbocycles. The molecule has 1 N–H and O–H groups in total. The van der Waals surface area contributed by atoms with Gasteiger partial charge in [-0.1, -0.05) is 0 Å². The van der Waals surface area contributed by atoms with Gasteiger partial charge in [-0.2, -0.15) is 10.2 Å². The van der Waals surface area contributed by atoms with Gasteiger partial charge in [0.1, 0.15) is 0 Å². The van der Waals surface area contributed by atoms with Gasteiger partial charge in [0.25, 0.3) is 0 Å². The van der Waals surface area contributed by atoms with Crippen LogP contribution in [-0.4, -0.2) is 51.2 Å². The Labute approximate surface area is 118 Å². The largest absolute Gasteiger partial charge is 0.449 e. The van der Waals surface area contributed by atoms with E-state index in [1.807, 2.05) is 0 Å². The Hall–Kier alpha value is -1.97. The standard InChI is InChI=1S/C10H16N4O5S/c1-4-18-9(15)12-11-6-8-7(3)20(17)14(13-8)10(16)19-5-2/h6-7H,4-5H2,1-3H3,(H,12,15)/b11-6+/t7-,20+/m1/s1. The van der Waals surface area contributed by atoms with Gasteiger partial charge in [0.2, 0.25) is 0 Å². The Kier molecular flexibility index (Phi) is 6.10. The summed E-state index contributed by atoms with van der Waals surface area (Å²) in [7, 11) is -1.66. The molecule has 9 nitrogen and oxygen atoms in total. The van der Waals surface area contributed by atoms with Gasteiger partial charge in [0.15, 0.2) is 11.0 Å². The number of ether oxygens (including phenoxy) is 2. The summed E-state index contributed by atoms with van der Waals surface area (Å²) in [4.78, 5) is 22.5. The van der Waals surface area contributed by atoms with Crippen molar-refractivity contribution in [1.82, 2.24) is 9.84 Å². The monoisotopic (exact) mass is 304 g/mol. The van der Waals surface area contributed by atoms with Crippen molar-refractivity contribution < 1.29 is 23.3 Å². The van der Waals surface area contributed by atoms with Crippen LogP contribution < -0.4 is 5.43 Å². The van der Waals surface area contributed by atoms with Gasteiger partial charge < -0.3 is 9.47 Å². The van der Waals surface area contributed by atoms with Crippen molar-refractivity contribution in [2.45, 2.75) is 26.0 Å². The van der Waals surface area contributed by atoms with Crippen LogP contribution >= 0.6 is 0 Å². The van der Waals surface area contributed by atoms with E-state index < -0.39 is 28.4 Å². The van der Waals surface area contributed by atoms with E-state index in [0.717, 1.165) is 4.41 Å². The minimum Gasteiger partial charge on any atom is -0.449 e. The molecule has 0 saturated carbocycles. The molecule has 2 atom stereocenters. The molecule has 0 saturated heterocycles. The van der Waals surface area contributed by atoms with E-state index in [2.05, 4.69) is 20.4 Å². The van der Waals surface area contributed by atoms with Gasteiger partial charge in [-0.05, 0) is 20.8 Å². The summed E-state index contributed by atoms with van der Waals surface area (Å²) in [5.41, 5.74) is 2.39. The van der Waals surface area contributed by atoms with Gasteiger partial charge in [-0.3, -0.25) is 0 Å². The first kappa shape index (κ1) is 16.1. The lowest BCUT2D eigenvalue weighted by molar-refractivity contribution is 0.133. The summed E-state index contributed by atoms with van der Waals surface area (Å²) in [5, 5.41) is 6.91. The lowest BCUT2D eigenvalue weighted by Crippen LogP contribution is -2.29. The van der Waals surface area contributed by atoms with Crippen molar-refractivity contribution >= 4 is 35.1 Å². The lowest BCUT2D eigenvalue weighted by atomic mass is 10.3. The molecular weight excluding hydrogens is 288 g/mol. The molecule has 112 valence electrons. The molecule has 1 rings (SSSR count). The SMILES string of the molecule is CCOC(=O)N/N=C/C1=NN(C(=O)OCC)[S@@](=O)[C@@H]1C. The highest BCUT2D eigenvalue weighted by molar-refractivity contribution is 7.85. The van der Waals surface area contributed by atoms with Crippen molar-refractivity contribution in [2.24, 2.45) is 10.2 Å². The number of hydrogen-bond donors (Lipinski definition) is 1. The van der Waals surface area contributed by atoms with Crippen molar-refractivity contribution in [1.29, 1.82) is 0 Å². The van der Waals surface area contributed by atoms with Gasteiger partial charge in [-0.25, -0.2) is 19.2 Å². The molecule has 1 aliphatic rings. The predicted molar refractivity (Wildman–Crippen MR) is 72.6 cm³/mol. The Balaban J connectivity index is 2.67. The second-order valence-corrected chi connectivity index (χ2v) is 5.11. The summed E-state index contributed by atoms with van der Waals surface area (Å²) >= 11 is 0. The molecule has 1 aliphatic heterocycles. The first-order valence-corrected chi connectivity index (χ1v) is 7.10. The Morgan fingerprint density at radius 1 is 1.45 bits per heavy atom. The minimum absolute atomic E-state index is 0.157. The first-order valence-electron chi connectivity index (χ1n) is 5.93. The molecule has 0 fully saturated rings. The van der Waals surface area contributed by atoms with Gasteiger partial charge in [0.05, 0.1) is 30.4 Å². The number of rotatable bonds is 4. The van der Waals surface area contributed by atoms with E-state index in [1.54, 1.807) is 20.8 Å². The first-order chi connectivity index (χ1) is 9.51. The Morgan fingerprint density at radius 2 is 2.10 bits per heavy atom. The molecule has 0 aromatic heterocycles. The summed E-state index contributed by atoms with van der Waals surface area (Å²) in [5.74, 6) is 0. The molecule has 20 heavy (non-hydrogen) atoms. The molecule has 0 aromatic rings. The summed E-state index contributed by atoms with van der Waals surface area (Å²) < 4.78 is 21.9. The quantitative estimate of drug-likeness (QED) is 0.604. The van der Waals surface area contributed by atoms with Gasteiger partial charge in [-0.15, -0.1) is 4.41 Å². The second kappa shape index (κ2) is 7.58. The highest BCUT2D eigenvalue weighted by Crippen LogP contribution is 2.15. The molecule has 0 bridgehead atoms. The van der Waals surface area contributed by atoms with Crippen molar-refractivity contribution in [3.8, 4) is 0 Å². The third-order valence-electron chi connectivity index (χ3n) is 2.15. The van der Waals surface area contributed by atoms with Crippen LogP contribution in [0.2, 0.25) is 0 Å². The zero-order chi connectivity index (χ0) is 15.1. The van der Waals surface area contributed by atoms with Crippen LogP contribution in [0.25, 0.3) is 0 Å². The third-order valence-corrected chi connectivity index (χ3v) is 3.57. The fourth-order valence-electron chi connectivity index (χ4n) is 1.22. The molecule has 0 spiro atoms. The molecule has 0 unspecified atom stereocenters. The van der Waals surface area contributed by atoms with Gasteiger partial charge >= 0.3 is 12.2 Å². The number of nitrogens with one attached hydrogen (secondary N) is 1. The van der Waals surface area contributed by atoms with Crippen LogP contribution in [0.15, 0.2) is 10.2 Å². The van der Waals surface area contributed by atoms with E-state index in [0.29, 0.717) is 0 Å². The molecule has 1 heterocycles. The lowest BCUT2D eigenvalue weighted by Gasteiger charge is -2.10. The maximum atomic E-state index is 11.9.